The van der Waals surface area contributed by atoms with Crippen LogP contribution in [0.1, 0.15) is 16.2 Å². The molecule has 0 unspecified atom stereocenters. The van der Waals surface area contributed by atoms with Gasteiger partial charge in [0.2, 0.25) is 0 Å². The molecule has 3 nitrogen and oxygen atoms in total. The number of nitrogens with one attached hydrogen (secondary N) is 1. The van der Waals surface area contributed by atoms with E-state index < -0.39 is 0 Å². The minimum absolute atomic E-state index is 0. The first kappa shape index (κ1) is 10.8. The predicted octanol–water partition coefficient (Wildman–Crippen LogP) is 1.87. The topological polar surface area (TPSA) is 45.8 Å². The number of imidazole rings is 1. The molecular formula is C6H8Br2N2O. The van der Waals surface area contributed by atoms with E-state index in [9.17, 15) is 4.79 Å². The summed E-state index contributed by atoms with van der Waals surface area (Å²) in [7, 11) is 0. The Labute approximate surface area is 83.5 Å². The lowest BCUT2D eigenvalue weighted by molar-refractivity contribution is 0.101. The van der Waals surface area contributed by atoms with E-state index in [1.807, 2.05) is 6.92 Å². The number of aryl methyl sites for hydroxylation is 1. The zero-order chi connectivity index (χ0) is 7.56. The van der Waals surface area contributed by atoms with Gasteiger partial charge in [0.05, 0.1) is 11.7 Å². The summed E-state index contributed by atoms with van der Waals surface area (Å²) in [4.78, 5) is 17.6. The first-order valence-electron chi connectivity index (χ1n) is 2.85. The molecule has 1 N–H and O–H groups in total. The molecule has 0 amide bonds. The summed E-state index contributed by atoms with van der Waals surface area (Å²) in [6.45, 7) is 1.82. The van der Waals surface area contributed by atoms with Crippen molar-refractivity contribution in [3.8, 4) is 0 Å². The summed E-state index contributed by atoms with van der Waals surface area (Å²) in [5.74, 6) is 0.0127. The molecule has 0 saturated carbocycles. The number of Topliss-reactive ketones (excluding diaryl/α,β-unsaturated/α-hetero) is 1. The number of hydrogen-bond acceptors (Lipinski definition) is 2. The van der Waals surface area contributed by atoms with Crippen molar-refractivity contribution < 1.29 is 4.79 Å². The standard InChI is InChI=1S/C6H7BrN2O.BrH/c1-4-6(5(10)2-7)9-3-8-4;/h3H,2H2,1H3,(H,8,9);1H. The summed E-state index contributed by atoms with van der Waals surface area (Å²) in [6, 6.07) is 0. The third-order valence-corrected chi connectivity index (χ3v) is 1.72. The molecule has 0 saturated heterocycles. The van der Waals surface area contributed by atoms with Crippen LogP contribution < -0.4 is 0 Å². The second-order valence-corrected chi connectivity index (χ2v) is 2.49. The Morgan fingerprint density at radius 3 is 2.82 bits per heavy atom. The third-order valence-electron chi connectivity index (χ3n) is 1.22. The van der Waals surface area contributed by atoms with E-state index in [2.05, 4.69) is 25.9 Å². The fraction of sp³-hybridized carbons (Fsp3) is 0.333. The van der Waals surface area contributed by atoms with Crippen molar-refractivity contribution in [2.75, 3.05) is 5.33 Å². The lowest BCUT2D eigenvalue weighted by atomic mass is 10.3. The molecule has 1 aromatic rings. The summed E-state index contributed by atoms with van der Waals surface area (Å²) in [6.07, 6.45) is 1.52. The molecule has 0 radical (unpaired) electrons. The zero-order valence-electron chi connectivity index (χ0n) is 5.93. The number of rotatable bonds is 2. The van der Waals surface area contributed by atoms with Crippen molar-refractivity contribution in [2.24, 2.45) is 0 Å². The number of H-pyrrole nitrogens is 1. The molecule has 0 fully saturated rings. The molecule has 1 aromatic heterocycles. The molecule has 0 aliphatic heterocycles. The predicted molar refractivity (Wildman–Crippen MR) is 51.8 cm³/mol. The van der Waals surface area contributed by atoms with E-state index in [-0.39, 0.29) is 22.8 Å². The Bertz CT molecular complexity index is 246. The van der Waals surface area contributed by atoms with Gasteiger partial charge in [0.25, 0.3) is 0 Å². The van der Waals surface area contributed by atoms with Crippen LogP contribution >= 0.6 is 32.9 Å². The Morgan fingerprint density at radius 2 is 2.45 bits per heavy atom. The smallest absolute Gasteiger partial charge is 0.193 e. The number of ketones is 1. The molecular weight excluding hydrogens is 276 g/mol. The van der Waals surface area contributed by atoms with Gasteiger partial charge in [-0.15, -0.1) is 17.0 Å². The highest BCUT2D eigenvalue weighted by Gasteiger charge is 2.08. The summed E-state index contributed by atoms with van der Waals surface area (Å²) < 4.78 is 0. The van der Waals surface area contributed by atoms with Crippen LogP contribution in [-0.4, -0.2) is 21.1 Å². The molecule has 5 heteroatoms. The van der Waals surface area contributed by atoms with E-state index in [0.717, 1.165) is 5.69 Å². The van der Waals surface area contributed by atoms with E-state index in [1.54, 1.807) is 0 Å². The Balaban J connectivity index is 0.000001000. The minimum atomic E-state index is 0. The monoisotopic (exact) mass is 282 g/mol. The maximum Gasteiger partial charge on any atom is 0.193 e. The van der Waals surface area contributed by atoms with E-state index in [1.165, 1.54) is 6.33 Å². The van der Waals surface area contributed by atoms with Crippen LogP contribution in [0.5, 0.6) is 0 Å². The first-order valence-corrected chi connectivity index (χ1v) is 3.97. The summed E-state index contributed by atoms with van der Waals surface area (Å²) in [5, 5.41) is 0.332. The van der Waals surface area contributed by atoms with Gasteiger partial charge in [-0.1, -0.05) is 15.9 Å². The number of carbonyl (C=O) groups is 1. The Morgan fingerprint density at radius 1 is 1.82 bits per heavy atom. The van der Waals surface area contributed by atoms with Gasteiger partial charge in [-0.2, -0.15) is 0 Å². The average Bonchev–Trinajstić information content (AvgIpc) is 2.34. The minimum Gasteiger partial charge on any atom is -0.348 e. The van der Waals surface area contributed by atoms with Crippen molar-refractivity contribution in [2.45, 2.75) is 6.92 Å². The van der Waals surface area contributed by atoms with Crippen LogP contribution in [-0.2, 0) is 0 Å². The number of aromatic amines is 1. The number of aromatic nitrogens is 2. The van der Waals surface area contributed by atoms with Gasteiger partial charge in [0, 0.05) is 5.69 Å². The van der Waals surface area contributed by atoms with E-state index in [0.29, 0.717) is 11.0 Å². The second-order valence-electron chi connectivity index (χ2n) is 1.93. The Hall–Kier alpha value is -0.160. The van der Waals surface area contributed by atoms with Crippen molar-refractivity contribution in [1.29, 1.82) is 0 Å². The number of nitrogens with zero attached hydrogens (tertiary/aromatic N) is 1. The molecule has 1 rings (SSSR count). The van der Waals surface area contributed by atoms with Gasteiger partial charge in [0.15, 0.2) is 5.78 Å². The largest absolute Gasteiger partial charge is 0.348 e. The van der Waals surface area contributed by atoms with Gasteiger partial charge in [0.1, 0.15) is 5.69 Å². The van der Waals surface area contributed by atoms with Gasteiger partial charge >= 0.3 is 0 Å². The average molecular weight is 284 g/mol. The van der Waals surface area contributed by atoms with Crippen molar-refractivity contribution in [1.82, 2.24) is 9.97 Å². The Kier molecular flexibility index (Phi) is 4.60. The van der Waals surface area contributed by atoms with Crippen molar-refractivity contribution >= 4 is 38.7 Å². The highest BCUT2D eigenvalue weighted by atomic mass is 79.9. The highest BCUT2D eigenvalue weighted by molar-refractivity contribution is 9.09. The van der Waals surface area contributed by atoms with E-state index >= 15 is 0 Å². The van der Waals surface area contributed by atoms with Crippen LogP contribution in [0, 0.1) is 6.92 Å². The molecule has 0 bridgehead atoms. The zero-order valence-corrected chi connectivity index (χ0v) is 9.23. The van der Waals surface area contributed by atoms with Crippen LogP contribution in [0.15, 0.2) is 6.33 Å². The van der Waals surface area contributed by atoms with Crippen LogP contribution in [0.4, 0.5) is 0 Å². The summed E-state index contributed by atoms with van der Waals surface area (Å²) >= 11 is 3.07. The number of alkyl halides is 1. The summed E-state index contributed by atoms with van der Waals surface area (Å²) in [5.41, 5.74) is 1.35. The quantitative estimate of drug-likeness (QED) is 0.665. The molecule has 62 valence electrons. The molecule has 0 atom stereocenters. The molecule has 0 aromatic carbocycles. The third kappa shape index (κ3) is 2.41. The fourth-order valence-corrected chi connectivity index (χ4v) is 0.969. The van der Waals surface area contributed by atoms with Crippen molar-refractivity contribution in [3.63, 3.8) is 0 Å². The van der Waals surface area contributed by atoms with Gasteiger partial charge in [-0.3, -0.25) is 4.79 Å². The second kappa shape index (κ2) is 4.66. The first-order chi connectivity index (χ1) is 4.75. The molecule has 0 aliphatic carbocycles. The highest BCUT2D eigenvalue weighted by Crippen LogP contribution is 2.02. The number of halogens is 2. The van der Waals surface area contributed by atoms with Gasteiger partial charge in [-0.25, -0.2) is 4.98 Å². The maximum absolute atomic E-state index is 11.0. The van der Waals surface area contributed by atoms with Gasteiger partial charge in [-0.05, 0) is 6.92 Å². The van der Waals surface area contributed by atoms with Crippen molar-refractivity contribution in [3.05, 3.63) is 17.7 Å². The SMILES string of the molecule is Br.Cc1[nH]cnc1C(=O)CBr. The molecule has 0 aliphatic rings. The van der Waals surface area contributed by atoms with Gasteiger partial charge < -0.3 is 4.98 Å². The lowest BCUT2D eigenvalue weighted by Gasteiger charge is -1.89. The molecule has 1 heterocycles. The van der Waals surface area contributed by atoms with Crippen LogP contribution in [0.25, 0.3) is 0 Å². The molecule has 0 spiro atoms. The van der Waals surface area contributed by atoms with E-state index in [4.69, 9.17) is 0 Å². The number of carbonyl (C=O) groups excluding carboxylic acids is 1. The van der Waals surface area contributed by atoms with Crippen LogP contribution in [0.3, 0.4) is 0 Å². The maximum atomic E-state index is 11.0. The molecule has 11 heavy (non-hydrogen) atoms. The number of hydrogen-bond donors (Lipinski definition) is 1. The lowest BCUT2D eigenvalue weighted by Crippen LogP contribution is -2.01. The normalized spacial score (nSPS) is 8.91. The fourth-order valence-electron chi connectivity index (χ4n) is 0.703. The van der Waals surface area contributed by atoms with Crippen LogP contribution in [0.2, 0.25) is 0 Å².